The summed E-state index contributed by atoms with van der Waals surface area (Å²) in [5.74, 6) is 1.54. The Morgan fingerprint density at radius 1 is 0.645 bits per heavy atom. The molecule has 0 N–H and O–H groups in total. The minimum atomic E-state index is -0.580. The number of hydrogen-bond donors (Lipinski definition) is 0. The topological polar surface area (TPSA) is 48.8 Å². The Balaban J connectivity index is 0.00000640. The molecule has 0 fully saturated rings. The van der Waals surface area contributed by atoms with Crippen LogP contribution in [-0.4, -0.2) is 19.1 Å². The standard InChI is InChI=1S/C55H45N5O.Pt/c1-54(2,3)39-26-29-57-52(32-39)60-48-23-14-13-20-46(48)47-25-24-42(34-50(47)60)61-43-31-40(55(4,5)6)30-41(33-43)58-36-59(49-27-28-56-35-51(49)58)53-44(37-16-9-7-10-17-37)21-15-22-45(53)38-18-11-8-12-19-38;/h7-32,35H,1-6H3;/q-2;/i7D,8D,9D,10D,11D,12D,16D,17D,18D,19D;. The second kappa shape index (κ2) is 16.0. The average molecular weight is 997 g/mol. The van der Waals surface area contributed by atoms with Crippen LogP contribution in [0.1, 0.15) is 66.4 Å². The van der Waals surface area contributed by atoms with Gasteiger partial charge in [-0.15, -0.1) is 29.7 Å². The number of fused-ring (bicyclic) bond motifs is 4. The first kappa shape index (κ1) is 30.4. The Morgan fingerprint density at radius 3 is 2.03 bits per heavy atom. The van der Waals surface area contributed by atoms with Crippen molar-refractivity contribution in [1.82, 2.24) is 19.1 Å². The summed E-state index contributed by atoms with van der Waals surface area (Å²) in [7, 11) is 0. The maximum Gasteiger partial charge on any atom is 0.268 e. The maximum absolute atomic E-state index is 9.06. The molecule has 4 aromatic heterocycles. The van der Waals surface area contributed by atoms with Gasteiger partial charge in [-0.2, -0.15) is 17.7 Å². The van der Waals surface area contributed by atoms with Gasteiger partial charge in [0, 0.05) is 56.7 Å². The Labute approximate surface area is 391 Å². The normalized spacial score (nSPS) is 14.2. The van der Waals surface area contributed by atoms with E-state index in [4.69, 9.17) is 23.4 Å². The van der Waals surface area contributed by atoms with Crippen LogP contribution in [-0.2, 0) is 31.9 Å². The Kier molecular flexibility index (Phi) is 7.85. The molecule has 0 saturated carbocycles. The molecule has 0 aliphatic carbocycles. The number of rotatable bonds is 7. The van der Waals surface area contributed by atoms with E-state index in [-0.39, 0.29) is 54.4 Å². The van der Waals surface area contributed by atoms with Crippen LogP contribution in [0, 0.1) is 18.5 Å². The first-order chi connectivity index (χ1) is 33.6. The molecular weight excluding hydrogens is 942 g/mol. The molecule has 0 unspecified atom stereocenters. The number of nitrogens with zero attached hydrogens (tertiary/aromatic N) is 5. The molecule has 6 nitrogen and oxygen atoms in total. The zero-order valence-electron chi connectivity index (χ0n) is 44.8. The number of ether oxygens (including phenoxy) is 1. The third-order valence-electron chi connectivity index (χ3n) is 10.8. The van der Waals surface area contributed by atoms with Gasteiger partial charge in [0.25, 0.3) is 6.33 Å². The maximum atomic E-state index is 9.06. The van der Waals surface area contributed by atoms with Crippen molar-refractivity contribution in [1.29, 1.82) is 0 Å². The monoisotopic (exact) mass is 996 g/mol. The summed E-state index contributed by atoms with van der Waals surface area (Å²) in [4.78, 5) is 9.30. The minimum Gasteiger partial charge on any atom is -0.510 e. The minimum absolute atomic E-state index is 0. The molecule has 0 aliphatic heterocycles. The van der Waals surface area contributed by atoms with Gasteiger partial charge in [0.2, 0.25) is 0 Å². The van der Waals surface area contributed by atoms with Crippen LogP contribution in [0.25, 0.3) is 72.3 Å². The van der Waals surface area contributed by atoms with Crippen LogP contribution in [0.5, 0.6) is 11.5 Å². The van der Waals surface area contributed by atoms with Gasteiger partial charge < -0.3 is 13.9 Å². The molecule has 62 heavy (non-hydrogen) atoms. The van der Waals surface area contributed by atoms with Crippen molar-refractivity contribution >= 4 is 32.8 Å². The van der Waals surface area contributed by atoms with E-state index in [1.807, 2.05) is 48.7 Å². The van der Waals surface area contributed by atoms with Crippen LogP contribution in [0.4, 0.5) is 0 Å². The zero-order chi connectivity index (χ0) is 50.6. The van der Waals surface area contributed by atoms with Crippen molar-refractivity contribution in [2.45, 2.75) is 52.4 Å². The second-order valence-electron chi connectivity index (χ2n) is 16.9. The Bertz CT molecular complexity index is 3710. The van der Waals surface area contributed by atoms with Crippen LogP contribution in [0.3, 0.4) is 0 Å². The Morgan fingerprint density at radius 2 is 1.34 bits per heavy atom. The third-order valence-corrected chi connectivity index (χ3v) is 10.8. The van der Waals surface area contributed by atoms with E-state index < -0.39 is 65.8 Å². The predicted octanol–water partition coefficient (Wildman–Crippen LogP) is 12.9. The molecule has 0 amide bonds. The third kappa shape index (κ3) is 7.43. The van der Waals surface area contributed by atoms with Crippen molar-refractivity contribution in [3.05, 3.63) is 194 Å². The van der Waals surface area contributed by atoms with Gasteiger partial charge >= 0.3 is 0 Å². The van der Waals surface area contributed by atoms with Gasteiger partial charge in [-0.1, -0.05) is 144 Å². The number of hydrogen-bond acceptors (Lipinski definition) is 3. The fourth-order valence-corrected chi connectivity index (χ4v) is 7.69. The van der Waals surface area contributed by atoms with Crippen molar-refractivity contribution < 1.29 is 44.1 Å². The molecular formula is C55H45N5OPt-2. The summed E-state index contributed by atoms with van der Waals surface area (Å²) in [6.07, 6.45) is 8.46. The van der Waals surface area contributed by atoms with E-state index >= 15 is 0 Å². The largest absolute Gasteiger partial charge is 0.510 e. The summed E-state index contributed by atoms with van der Waals surface area (Å²) in [6, 6.07) is 28.2. The van der Waals surface area contributed by atoms with Gasteiger partial charge in [0.1, 0.15) is 5.82 Å². The molecule has 10 aromatic rings. The molecule has 6 aromatic carbocycles. The quantitative estimate of drug-likeness (QED) is 0.118. The number of para-hydroxylation sites is 2. The van der Waals surface area contributed by atoms with Crippen molar-refractivity contribution in [2.75, 3.05) is 0 Å². The van der Waals surface area contributed by atoms with Gasteiger partial charge in [-0.05, 0) is 74.0 Å². The molecule has 10 rings (SSSR count). The van der Waals surface area contributed by atoms with Gasteiger partial charge in [0.15, 0.2) is 0 Å². The van der Waals surface area contributed by atoms with Crippen LogP contribution >= 0.6 is 0 Å². The fourth-order valence-electron chi connectivity index (χ4n) is 7.69. The summed E-state index contributed by atoms with van der Waals surface area (Å²) in [6.45, 7) is 12.7. The second-order valence-corrected chi connectivity index (χ2v) is 16.9. The van der Waals surface area contributed by atoms with Gasteiger partial charge in [-0.3, -0.25) is 9.55 Å². The molecule has 7 heteroatoms. The van der Waals surface area contributed by atoms with E-state index in [9.17, 15) is 0 Å². The number of pyridine rings is 2. The smallest absolute Gasteiger partial charge is 0.268 e. The number of aromatic nitrogens is 5. The van der Waals surface area contributed by atoms with E-state index in [1.54, 1.807) is 45.8 Å². The number of imidazole rings is 1. The summed E-state index contributed by atoms with van der Waals surface area (Å²) in [5, 5.41) is 2.01. The van der Waals surface area contributed by atoms with Gasteiger partial charge in [-0.25, -0.2) is 4.98 Å². The first-order valence-electron chi connectivity index (χ1n) is 24.9. The van der Waals surface area contributed by atoms with Crippen molar-refractivity contribution in [3.8, 4) is 50.9 Å². The van der Waals surface area contributed by atoms with Crippen LogP contribution in [0.2, 0.25) is 0 Å². The van der Waals surface area contributed by atoms with E-state index in [2.05, 4.69) is 87.8 Å². The van der Waals surface area contributed by atoms with E-state index in [1.165, 1.54) is 0 Å². The molecule has 0 spiro atoms. The fraction of sp³-hybridized carbons (Fsp3) is 0.145. The number of benzene rings is 6. The van der Waals surface area contributed by atoms with Crippen molar-refractivity contribution in [2.24, 2.45) is 0 Å². The summed E-state index contributed by atoms with van der Waals surface area (Å²) in [5.41, 5.74) is 4.78. The summed E-state index contributed by atoms with van der Waals surface area (Å²) >= 11 is 0. The van der Waals surface area contributed by atoms with E-state index in [0.29, 0.717) is 28.2 Å². The predicted molar refractivity (Wildman–Crippen MR) is 246 cm³/mol. The van der Waals surface area contributed by atoms with Crippen LogP contribution in [0.15, 0.2) is 164 Å². The summed E-state index contributed by atoms with van der Waals surface area (Å²) < 4.78 is 99.5. The molecule has 0 saturated heterocycles. The van der Waals surface area contributed by atoms with E-state index in [0.717, 1.165) is 38.8 Å². The Hall–Kier alpha value is -6.62. The van der Waals surface area contributed by atoms with Crippen molar-refractivity contribution in [3.63, 3.8) is 0 Å². The molecule has 0 radical (unpaired) electrons. The van der Waals surface area contributed by atoms with Crippen LogP contribution < -0.4 is 9.30 Å². The molecule has 4 heterocycles. The van der Waals surface area contributed by atoms with Gasteiger partial charge in [0.05, 0.1) is 30.4 Å². The molecule has 308 valence electrons. The molecule has 0 bridgehead atoms. The molecule has 0 atom stereocenters. The average Bonchev–Trinajstić information content (AvgIpc) is 3.89. The first-order valence-corrected chi connectivity index (χ1v) is 19.9. The molecule has 0 aliphatic rings. The zero-order valence-corrected chi connectivity index (χ0v) is 37.0. The SMILES string of the molecule is [2H]c1c([2H])c([2H])c(-c2cccc(-c3c([2H])c([2H])c([2H])c([2H])c3[2H])c2-[n+]2[c-]n(-c3[c-]c(Oc4[c-]c5c(cc4)c4ccccc4n5-c4cc(C(C)(C)C)ccn4)cc(C(C)(C)C)c3)c3cnccc32)c([2H])c1[2H].[Pt].